The first kappa shape index (κ1) is 32.8. The first-order chi connectivity index (χ1) is 23.9. The monoisotopic (exact) mass is 678 g/mol. The summed E-state index contributed by atoms with van der Waals surface area (Å²) < 4.78 is 43.5. The van der Waals surface area contributed by atoms with Crippen LogP contribution in [0.2, 0.25) is 0 Å². The number of rotatable bonds is 7. The van der Waals surface area contributed by atoms with Crippen LogP contribution < -0.4 is 11.1 Å². The number of benzene rings is 2. The fraction of sp³-hybridized carbons (Fsp3) is 0.237. The Morgan fingerprint density at radius 2 is 1.58 bits per heavy atom. The first-order valence-corrected chi connectivity index (χ1v) is 16.2. The van der Waals surface area contributed by atoms with Gasteiger partial charge in [0.1, 0.15) is 17.4 Å². The number of likely N-dealkylation sites (tertiary alicyclic amines) is 1. The van der Waals surface area contributed by atoms with Crippen LogP contribution in [0.25, 0.3) is 33.5 Å². The van der Waals surface area contributed by atoms with Gasteiger partial charge in [0.25, 0.3) is 17.7 Å². The van der Waals surface area contributed by atoms with Gasteiger partial charge >= 0.3 is 0 Å². The minimum absolute atomic E-state index is 0.116. The Morgan fingerprint density at radius 3 is 2.22 bits per heavy atom. The number of ketones is 1. The highest BCUT2D eigenvalue weighted by molar-refractivity contribution is 6.18. The number of nitrogens with one attached hydrogen (secondary N) is 1. The van der Waals surface area contributed by atoms with Crippen LogP contribution in [-0.2, 0) is 16.1 Å². The number of hydrogen-bond donors (Lipinski definition) is 2. The molecule has 50 heavy (non-hydrogen) atoms. The molecule has 0 atom stereocenters. The Hall–Kier alpha value is -5.78. The first-order valence-electron chi connectivity index (χ1n) is 16.2. The molecule has 1 spiro atoms. The van der Waals surface area contributed by atoms with Crippen molar-refractivity contribution in [3.8, 4) is 22.4 Å². The number of carbonyl (C=O) groups is 3. The van der Waals surface area contributed by atoms with Gasteiger partial charge in [0.05, 0.1) is 29.9 Å². The highest BCUT2D eigenvalue weighted by Gasteiger charge is 2.56. The summed E-state index contributed by atoms with van der Waals surface area (Å²) in [7, 11) is 0. The molecule has 7 rings (SSSR count). The van der Waals surface area contributed by atoms with Crippen molar-refractivity contribution in [2.75, 3.05) is 18.8 Å². The van der Waals surface area contributed by atoms with Crippen molar-refractivity contribution < 1.29 is 27.6 Å². The second-order valence-electron chi connectivity index (χ2n) is 13.0. The van der Waals surface area contributed by atoms with E-state index in [0.29, 0.717) is 33.9 Å². The average molecular weight is 679 g/mol. The van der Waals surface area contributed by atoms with E-state index in [9.17, 15) is 27.6 Å². The van der Waals surface area contributed by atoms with E-state index < -0.39 is 30.0 Å². The van der Waals surface area contributed by atoms with Gasteiger partial charge in [-0.1, -0.05) is 18.7 Å². The smallest absolute Gasteiger partial charge is 0.255 e. The lowest BCUT2D eigenvalue weighted by molar-refractivity contribution is -0.128. The van der Waals surface area contributed by atoms with E-state index in [-0.39, 0.29) is 55.7 Å². The van der Waals surface area contributed by atoms with E-state index in [0.717, 1.165) is 16.6 Å². The fourth-order valence-corrected chi connectivity index (χ4v) is 6.88. The number of nitrogens with two attached hydrogens (primary N) is 1. The third-order valence-corrected chi connectivity index (χ3v) is 9.67. The van der Waals surface area contributed by atoms with Gasteiger partial charge in [-0.2, -0.15) is 5.10 Å². The van der Waals surface area contributed by atoms with Crippen molar-refractivity contribution in [1.29, 1.82) is 0 Å². The van der Waals surface area contributed by atoms with Crippen molar-refractivity contribution in [2.24, 2.45) is 5.41 Å². The van der Waals surface area contributed by atoms with Crippen molar-refractivity contribution in [2.45, 2.75) is 38.2 Å². The number of hydrogen-bond acceptors (Lipinski definition) is 6. The number of aromatic nitrogens is 3. The van der Waals surface area contributed by atoms with Gasteiger partial charge in [-0.05, 0) is 90.7 Å². The number of fused-ring (bicyclic) bond motifs is 1. The third-order valence-electron chi connectivity index (χ3n) is 9.67. The molecule has 2 aliphatic rings. The molecule has 2 aromatic carbocycles. The Bertz CT molecular complexity index is 2140. The highest BCUT2D eigenvalue weighted by Crippen LogP contribution is 2.50. The van der Waals surface area contributed by atoms with Crippen LogP contribution >= 0.6 is 0 Å². The SMILES string of the molecule is C=C(C(=O)NCc1cc2cc(-c3ccc(C(=O)N4CCC5(CC4)CC(F)(F)CC5=O)cc3)cc(-c3ccc(F)cc3)n2n1)c1ccc(N)nc1. The van der Waals surface area contributed by atoms with Crippen LogP contribution in [0.5, 0.6) is 0 Å². The van der Waals surface area contributed by atoms with Crippen LogP contribution in [0.3, 0.4) is 0 Å². The number of nitrogen functional groups attached to an aromatic ring is 1. The molecule has 1 saturated carbocycles. The van der Waals surface area contributed by atoms with Crippen molar-refractivity contribution >= 4 is 34.5 Å². The predicted octanol–water partition coefficient (Wildman–Crippen LogP) is 6.33. The number of amides is 2. The maximum absolute atomic E-state index is 14.0. The van der Waals surface area contributed by atoms with Gasteiger partial charge in [0, 0.05) is 53.4 Å². The number of alkyl halides is 2. The summed E-state index contributed by atoms with van der Waals surface area (Å²) in [5.41, 5.74) is 10.2. The van der Waals surface area contributed by atoms with Gasteiger partial charge in [-0.3, -0.25) is 14.4 Å². The molecule has 0 bridgehead atoms. The van der Waals surface area contributed by atoms with E-state index in [2.05, 4.69) is 16.9 Å². The summed E-state index contributed by atoms with van der Waals surface area (Å²) in [5, 5.41) is 7.57. The highest BCUT2D eigenvalue weighted by atomic mass is 19.3. The zero-order valence-electron chi connectivity index (χ0n) is 27.0. The number of piperidine rings is 1. The van der Waals surface area contributed by atoms with Gasteiger partial charge in [0.2, 0.25) is 0 Å². The summed E-state index contributed by atoms with van der Waals surface area (Å²) in [4.78, 5) is 44.2. The molecule has 254 valence electrons. The molecular formula is C38H33F3N6O3. The van der Waals surface area contributed by atoms with Gasteiger partial charge in [0.15, 0.2) is 0 Å². The van der Waals surface area contributed by atoms with Crippen LogP contribution in [0.4, 0.5) is 19.0 Å². The van der Waals surface area contributed by atoms with Gasteiger partial charge < -0.3 is 16.0 Å². The van der Waals surface area contributed by atoms with E-state index in [1.807, 2.05) is 30.3 Å². The lowest BCUT2D eigenvalue weighted by atomic mass is 9.76. The molecule has 9 nitrogen and oxygen atoms in total. The Balaban J connectivity index is 1.11. The second kappa shape index (κ2) is 12.6. The molecule has 0 unspecified atom stereocenters. The third kappa shape index (κ3) is 6.36. The molecule has 2 fully saturated rings. The molecule has 2 amide bonds. The quantitative estimate of drug-likeness (QED) is 0.194. The number of Topliss-reactive ketones (excluding diaryl/α,β-unsaturated/α-hetero) is 1. The molecule has 3 N–H and O–H groups in total. The second-order valence-corrected chi connectivity index (χ2v) is 13.0. The van der Waals surface area contributed by atoms with Crippen LogP contribution in [0.1, 0.15) is 47.3 Å². The van der Waals surface area contributed by atoms with Crippen molar-refractivity contribution in [3.63, 3.8) is 0 Å². The van der Waals surface area contributed by atoms with Crippen LogP contribution in [0, 0.1) is 11.2 Å². The largest absolute Gasteiger partial charge is 0.384 e. The molecule has 1 saturated heterocycles. The summed E-state index contributed by atoms with van der Waals surface area (Å²) in [6.45, 7) is 4.48. The van der Waals surface area contributed by atoms with E-state index in [1.165, 1.54) is 18.3 Å². The maximum atomic E-state index is 14.0. The molecule has 1 aliphatic heterocycles. The Kier molecular flexibility index (Phi) is 8.25. The molecule has 0 radical (unpaired) electrons. The standard InChI is InChI=1S/C38H33F3N6O3/c1-23(27-8-11-34(42)43-20-27)35(49)44-21-30-18-31-16-28(17-32(47(31)45-30)25-6-9-29(39)10-7-25)24-2-4-26(5-3-24)36(50)46-14-12-37(13-15-46)22-38(40,41)19-33(37)48/h2-11,16-18,20H,1,12-15,19,21-22H2,(H2,42,43)(H,44,49). The molecule has 1 aliphatic carbocycles. The van der Waals surface area contributed by atoms with E-state index >= 15 is 0 Å². The van der Waals surface area contributed by atoms with E-state index in [1.54, 1.807) is 45.8 Å². The lowest BCUT2D eigenvalue weighted by Crippen LogP contribution is -2.45. The molecule has 12 heteroatoms. The number of pyridine rings is 2. The van der Waals surface area contributed by atoms with Gasteiger partial charge in [-0.25, -0.2) is 22.7 Å². The zero-order valence-corrected chi connectivity index (χ0v) is 27.0. The predicted molar refractivity (Wildman–Crippen MR) is 182 cm³/mol. The number of nitrogens with zero attached hydrogens (tertiary/aromatic N) is 4. The lowest BCUT2D eigenvalue weighted by Gasteiger charge is -2.38. The number of anilines is 1. The zero-order chi connectivity index (χ0) is 35.2. The molecule has 3 aromatic heterocycles. The topological polar surface area (TPSA) is 123 Å². The molecular weight excluding hydrogens is 645 g/mol. The Labute approximate surface area is 285 Å². The number of halogens is 3. The minimum Gasteiger partial charge on any atom is -0.384 e. The van der Waals surface area contributed by atoms with Crippen LogP contribution in [-0.4, -0.2) is 56.1 Å². The number of carbonyl (C=O) groups excluding carboxylic acids is 3. The fourth-order valence-electron chi connectivity index (χ4n) is 6.88. The molecule has 4 heterocycles. The maximum Gasteiger partial charge on any atom is 0.255 e. The summed E-state index contributed by atoms with van der Waals surface area (Å²) in [6, 6.07) is 22.1. The average Bonchev–Trinajstić information content (AvgIpc) is 3.63. The normalized spacial score (nSPS) is 16.5. The van der Waals surface area contributed by atoms with E-state index in [4.69, 9.17) is 10.8 Å². The van der Waals surface area contributed by atoms with Crippen LogP contribution in [0.15, 0.2) is 91.6 Å². The summed E-state index contributed by atoms with van der Waals surface area (Å²) >= 11 is 0. The van der Waals surface area contributed by atoms with Crippen molar-refractivity contribution in [1.82, 2.24) is 24.8 Å². The van der Waals surface area contributed by atoms with Crippen molar-refractivity contribution in [3.05, 3.63) is 114 Å². The summed E-state index contributed by atoms with van der Waals surface area (Å²) in [5.74, 6) is -4.02. The summed E-state index contributed by atoms with van der Waals surface area (Å²) in [6.07, 6.45) is 0.806. The minimum atomic E-state index is -2.97. The molecule has 5 aromatic rings. The van der Waals surface area contributed by atoms with Gasteiger partial charge in [-0.15, -0.1) is 0 Å². The Morgan fingerprint density at radius 1 is 0.900 bits per heavy atom.